The Labute approximate surface area is 63.7 Å². The van der Waals surface area contributed by atoms with Crippen LogP contribution in [0.25, 0.3) is 0 Å². The number of hydrogen-bond acceptors (Lipinski definition) is 1. The van der Waals surface area contributed by atoms with Gasteiger partial charge in [-0.1, -0.05) is 11.1 Å². The summed E-state index contributed by atoms with van der Waals surface area (Å²) in [5.41, 5.74) is 3.30. The first-order valence-corrected chi connectivity index (χ1v) is 3.95. The molecule has 0 aromatic heterocycles. The molecule has 0 radical (unpaired) electrons. The molecule has 1 nitrogen and oxygen atoms in total. The molecule has 1 rings (SSSR count). The monoisotopic (exact) mass is 139 g/mol. The fraction of sp³-hybridized carbons (Fsp3) is 0.778. The van der Waals surface area contributed by atoms with E-state index in [0.717, 1.165) is 0 Å². The number of rotatable bonds is 3. The normalized spacial score (nSPS) is 20.1. The highest BCUT2D eigenvalue weighted by molar-refractivity contribution is 5.33. The fourth-order valence-electron chi connectivity index (χ4n) is 1.06. The zero-order valence-corrected chi connectivity index (χ0v) is 7.44. The van der Waals surface area contributed by atoms with Gasteiger partial charge in [0.05, 0.1) is 0 Å². The van der Waals surface area contributed by atoms with Crippen LogP contribution in [0.3, 0.4) is 0 Å². The Hall–Kier alpha value is -0.300. The summed E-state index contributed by atoms with van der Waals surface area (Å²) in [5.74, 6) is 0. The van der Waals surface area contributed by atoms with Crippen LogP contribution in [0.2, 0.25) is 0 Å². The first-order valence-electron chi connectivity index (χ1n) is 3.95. The summed E-state index contributed by atoms with van der Waals surface area (Å²) in [6.07, 6.45) is 2.58. The molecule has 0 spiro atoms. The molecule has 0 bridgehead atoms. The van der Waals surface area contributed by atoms with Crippen molar-refractivity contribution in [3.8, 4) is 0 Å². The molecule has 0 amide bonds. The lowest BCUT2D eigenvalue weighted by Crippen LogP contribution is -2.23. The maximum Gasteiger partial charge on any atom is 0.00982 e. The van der Waals surface area contributed by atoms with Crippen molar-refractivity contribution in [2.75, 3.05) is 14.1 Å². The fourth-order valence-corrected chi connectivity index (χ4v) is 1.06. The van der Waals surface area contributed by atoms with Crippen molar-refractivity contribution in [3.05, 3.63) is 11.1 Å². The molecule has 0 aromatic carbocycles. The van der Waals surface area contributed by atoms with Gasteiger partial charge in [0.2, 0.25) is 0 Å². The second-order valence-corrected chi connectivity index (χ2v) is 3.58. The van der Waals surface area contributed by atoms with Crippen LogP contribution in [0.5, 0.6) is 0 Å². The summed E-state index contributed by atoms with van der Waals surface area (Å²) in [6.45, 7) is 4.51. The van der Waals surface area contributed by atoms with Crippen LogP contribution in [0.4, 0.5) is 0 Å². The molecule has 0 saturated heterocycles. The van der Waals surface area contributed by atoms with Gasteiger partial charge in [0.15, 0.2) is 0 Å². The Morgan fingerprint density at radius 3 is 2.30 bits per heavy atom. The number of hydrogen-bond donors (Lipinski definition) is 0. The molecule has 10 heavy (non-hydrogen) atoms. The lowest BCUT2D eigenvalue weighted by Gasteiger charge is -2.17. The van der Waals surface area contributed by atoms with Gasteiger partial charge in [0, 0.05) is 6.04 Å². The van der Waals surface area contributed by atoms with Gasteiger partial charge >= 0.3 is 0 Å². The molecule has 58 valence electrons. The van der Waals surface area contributed by atoms with Crippen LogP contribution in [-0.4, -0.2) is 25.0 Å². The molecule has 1 unspecified atom stereocenters. The van der Waals surface area contributed by atoms with E-state index in [4.69, 9.17) is 0 Å². The van der Waals surface area contributed by atoms with Crippen LogP contribution in [0, 0.1) is 0 Å². The summed E-state index contributed by atoms with van der Waals surface area (Å²) in [5, 5.41) is 0. The maximum absolute atomic E-state index is 2.28. The molecule has 1 aliphatic carbocycles. The largest absolute Gasteiger partial charge is 0.306 e. The van der Waals surface area contributed by atoms with E-state index in [1.165, 1.54) is 12.8 Å². The quantitative estimate of drug-likeness (QED) is 0.541. The second-order valence-electron chi connectivity index (χ2n) is 3.58. The van der Waals surface area contributed by atoms with Crippen LogP contribution >= 0.6 is 0 Å². The van der Waals surface area contributed by atoms with E-state index in [1.807, 2.05) is 0 Å². The molecule has 0 heterocycles. The van der Waals surface area contributed by atoms with Crippen molar-refractivity contribution in [1.82, 2.24) is 4.90 Å². The van der Waals surface area contributed by atoms with Crippen molar-refractivity contribution >= 4 is 0 Å². The zero-order valence-electron chi connectivity index (χ0n) is 7.44. The van der Waals surface area contributed by atoms with E-state index in [1.54, 1.807) is 11.1 Å². The van der Waals surface area contributed by atoms with Gasteiger partial charge in [-0.15, -0.1) is 0 Å². The highest BCUT2D eigenvalue weighted by atomic mass is 15.1. The van der Waals surface area contributed by atoms with E-state index < -0.39 is 0 Å². The van der Waals surface area contributed by atoms with Gasteiger partial charge in [-0.3, -0.25) is 0 Å². The summed E-state index contributed by atoms with van der Waals surface area (Å²) in [6, 6.07) is 0.715. The van der Waals surface area contributed by atoms with Crippen LogP contribution in [0.1, 0.15) is 26.7 Å². The Morgan fingerprint density at radius 2 is 2.00 bits per heavy atom. The minimum atomic E-state index is 0.715. The molecule has 0 fully saturated rings. The molecular weight excluding hydrogens is 122 g/mol. The number of nitrogens with zero attached hydrogens (tertiary/aromatic N) is 1. The van der Waals surface area contributed by atoms with Gasteiger partial charge in [0.25, 0.3) is 0 Å². The van der Waals surface area contributed by atoms with Crippen molar-refractivity contribution in [2.45, 2.75) is 32.7 Å². The van der Waals surface area contributed by atoms with Crippen LogP contribution in [0.15, 0.2) is 11.1 Å². The molecule has 0 aliphatic heterocycles. The minimum Gasteiger partial charge on any atom is -0.306 e. The van der Waals surface area contributed by atoms with Crippen molar-refractivity contribution in [3.63, 3.8) is 0 Å². The van der Waals surface area contributed by atoms with Gasteiger partial charge < -0.3 is 4.90 Å². The third-order valence-corrected chi connectivity index (χ3v) is 2.38. The summed E-state index contributed by atoms with van der Waals surface area (Å²) >= 11 is 0. The Morgan fingerprint density at radius 1 is 1.50 bits per heavy atom. The first-order chi connectivity index (χ1) is 4.61. The maximum atomic E-state index is 2.28. The van der Waals surface area contributed by atoms with Crippen molar-refractivity contribution in [2.24, 2.45) is 0 Å². The van der Waals surface area contributed by atoms with E-state index in [0.29, 0.717) is 6.04 Å². The Balaban J connectivity index is 2.26. The smallest absolute Gasteiger partial charge is 0.00982 e. The second kappa shape index (κ2) is 2.75. The summed E-state index contributed by atoms with van der Waals surface area (Å²) in [7, 11) is 4.28. The van der Waals surface area contributed by atoms with E-state index in [9.17, 15) is 0 Å². The standard InChI is InChI=1S/C9H17N/c1-7-5-9(7)6-8(2)10(3)4/h8H,5-6H2,1-4H3. The Kier molecular flexibility index (Phi) is 2.14. The van der Waals surface area contributed by atoms with Gasteiger partial charge in [-0.2, -0.15) is 0 Å². The lowest BCUT2D eigenvalue weighted by atomic mass is 10.2. The molecule has 1 aliphatic rings. The summed E-state index contributed by atoms with van der Waals surface area (Å²) in [4.78, 5) is 2.28. The number of allylic oxidation sites excluding steroid dienone is 1. The average molecular weight is 139 g/mol. The third kappa shape index (κ3) is 1.84. The molecule has 0 saturated carbocycles. The van der Waals surface area contributed by atoms with Gasteiger partial charge in [0.1, 0.15) is 0 Å². The Bertz CT molecular complexity index is 156. The van der Waals surface area contributed by atoms with Crippen LogP contribution < -0.4 is 0 Å². The topological polar surface area (TPSA) is 3.24 Å². The molecule has 1 atom stereocenters. The van der Waals surface area contributed by atoms with Gasteiger partial charge in [-0.25, -0.2) is 0 Å². The van der Waals surface area contributed by atoms with E-state index in [2.05, 4.69) is 32.8 Å². The van der Waals surface area contributed by atoms with Crippen molar-refractivity contribution < 1.29 is 0 Å². The zero-order chi connectivity index (χ0) is 7.72. The highest BCUT2D eigenvalue weighted by Crippen LogP contribution is 2.34. The van der Waals surface area contributed by atoms with Crippen molar-refractivity contribution in [1.29, 1.82) is 0 Å². The molecule has 0 aromatic rings. The highest BCUT2D eigenvalue weighted by Gasteiger charge is 2.19. The molecular formula is C9H17N. The third-order valence-electron chi connectivity index (χ3n) is 2.38. The van der Waals surface area contributed by atoms with E-state index in [-0.39, 0.29) is 0 Å². The summed E-state index contributed by atoms with van der Waals surface area (Å²) < 4.78 is 0. The predicted molar refractivity (Wildman–Crippen MR) is 45.1 cm³/mol. The van der Waals surface area contributed by atoms with E-state index >= 15 is 0 Å². The van der Waals surface area contributed by atoms with Gasteiger partial charge in [-0.05, 0) is 40.8 Å². The predicted octanol–water partition coefficient (Wildman–Crippen LogP) is 2.05. The SMILES string of the molecule is CC1=C(CC(C)N(C)C)C1. The molecule has 0 N–H and O–H groups in total. The van der Waals surface area contributed by atoms with Crippen LogP contribution in [-0.2, 0) is 0 Å². The molecule has 1 heteroatoms. The first kappa shape index (κ1) is 7.80. The average Bonchev–Trinajstić information content (AvgIpc) is 2.46. The minimum absolute atomic E-state index is 0.715. The lowest BCUT2D eigenvalue weighted by molar-refractivity contribution is 0.313.